The van der Waals surface area contributed by atoms with Crippen LogP contribution in [0.1, 0.15) is 24.5 Å². The third-order valence-corrected chi connectivity index (χ3v) is 3.21. The average molecular weight is 273 g/mol. The van der Waals surface area contributed by atoms with Gasteiger partial charge in [-0.05, 0) is 24.1 Å². The highest BCUT2D eigenvalue weighted by atomic mass is 19.4. The van der Waals surface area contributed by atoms with Gasteiger partial charge in [0.15, 0.2) is 6.10 Å². The highest BCUT2D eigenvalue weighted by molar-refractivity contribution is 6.03. The first-order chi connectivity index (χ1) is 8.97. The molecule has 2 atom stereocenters. The number of hydrogen-bond acceptors (Lipinski definition) is 3. The summed E-state index contributed by atoms with van der Waals surface area (Å²) in [7, 11) is 0. The van der Waals surface area contributed by atoms with Gasteiger partial charge in [-0.15, -0.1) is 0 Å². The Labute approximate surface area is 108 Å². The van der Waals surface area contributed by atoms with Gasteiger partial charge in [0, 0.05) is 5.92 Å². The predicted octanol–water partition coefficient (Wildman–Crippen LogP) is 2.83. The third kappa shape index (κ3) is 2.73. The maximum atomic E-state index is 12.5. The number of hydrogen-bond donors (Lipinski definition) is 1. The zero-order valence-electron chi connectivity index (χ0n) is 10.3. The van der Waals surface area contributed by atoms with E-state index in [4.69, 9.17) is 9.94 Å². The Kier molecular flexibility index (Phi) is 3.80. The minimum Gasteiger partial charge on any atom is -0.392 e. The lowest BCUT2D eigenvalue weighted by molar-refractivity contribution is -0.137. The first kappa shape index (κ1) is 13.9. The van der Waals surface area contributed by atoms with Gasteiger partial charge in [-0.2, -0.15) is 13.2 Å². The summed E-state index contributed by atoms with van der Waals surface area (Å²) in [6, 6.07) is 4.81. The molecule has 0 aromatic heterocycles. The van der Waals surface area contributed by atoms with E-state index >= 15 is 0 Å². The van der Waals surface area contributed by atoms with Crippen molar-refractivity contribution in [3.05, 3.63) is 35.4 Å². The van der Waals surface area contributed by atoms with Gasteiger partial charge in [0.25, 0.3) is 0 Å². The van der Waals surface area contributed by atoms with Gasteiger partial charge in [-0.3, -0.25) is 0 Å². The smallest absolute Gasteiger partial charge is 0.392 e. The zero-order valence-corrected chi connectivity index (χ0v) is 10.3. The van der Waals surface area contributed by atoms with Gasteiger partial charge < -0.3 is 9.94 Å². The minimum absolute atomic E-state index is 0.0956. The maximum absolute atomic E-state index is 12.5. The molecule has 3 nitrogen and oxygen atoms in total. The van der Waals surface area contributed by atoms with E-state index in [-0.39, 0.29) is 12.5 Å². The van der Waals surface area contributed by atoms with E-state index in [0.717, 1.165) is 12.1 Å². The van der Waals surface area contributed by atoms with Crippen molar-refractivity contribution in [2.45, 2.75) is 25.6 Å². The first-order valence-corrected chi connectivity index (χ1v) is 5.99. The molecule has 0 radical (unpaired) electrons. The van der Waals surface area contributed by atoms with Crippen LogP contribution in [0.4, 0.5) is 13.2 Å². The summed E-state index contributed by atoms with van der Waals surface area (Å²) in [4.78, 5) is 5.09. The van der Waals surface area contributed by atoms with Crippen LogP contribution in [0.15, 0.2) is 29.4 Å². The second-order valence-corrected chi connectivity index (χ2v) is 4.39. The topological polar surface area (TPSA) is 41.8 Å². The van der Waals surface area contributed by atoms with Crippen LogP contribution in [-0.4, -0.2) is 23.5 Å². The van der Waals surface area contributed by atoms with Gasteiger partial charge >= 0.3 is 6.18 Å². The van der Waals surface area contributed by atoms with E-state index in [1.807, 2.05) is 6.92 Å². The van der Waals surface area contributed by atoms with Crippen LogP contribution in [0, 0.1) is 5.92 Å². The fourth-order valence-corrected chi connectivity index (χ4v) is 2.16. The lowest BCUT2D eigenvalue weighted by Crippen LogP contribution is -2.26. The molecule has 1 N–H and O–H groups in total. The fraction of sp³-hybridized carbons (Fsp3) is 0.462. The van der Waals surface area contributed by atoms with Crippen LogP contribution in [0.25, 0.3) is 0 Å². The van der Waals surface area contributed by atoms with Crippen LogP contribution in [0.5, 0.6) is 0 Å². The Morgan fingerprint density at radius 3 is 2.37 bits per heavy atom. The number of nitrogens with zero attached hydrogens (tertiary/aromatic N) is 1. The molecule has 1 aliphatic heterocycles. The van der Waals surface area contributed by atoms with E-state index < -0.39 is 17.8 Å². The number of rotatable bonds is 3. The molecule has 0 aliphatic carbocycles. The van der Waals surface area contributed by atoms with Crippen LogP contribution in [0.3, 0.4) is 0 Å². The summed E-state index contributed by atoms with van der Waals surface area (Å²) >= 11 is 0. The summed E-state index contributed by atoms with van der Waals surface area (Å²) < 4.78 is 37.4. The maximum Gasteiger partial charge on any atom is 0.416 e. The van der Waals surface area contributed by atoms with Crippen molar-refractivity contribution < 1.29 is 23.1 Å². The van der Waals surface area contributed by atoms with E-state index in [1.54, 1.807) is 0 Å². The number of halogens is 3. The van der Waals surface area contributed by atoms with Crippen LogP contribution in [-0.2, 0) is 11.0 Å². The van der Waals surface area contributed by atoms with Gasteiger partial charge in [0.05, 0.1) is 17.9 Å². The van der Waals surface area contributed by atoms with E-state index in [2.05, 4.69) is 5.16 Å². The third-order valence-electron chi connectivity index (χ3n) is 3.21. The van der Waals surface area contributed by atoms with Crippen molar-refractivity contribution in [3.63, 3.8) is 0 Å². The molecule has 1 aromatic rings. The molecule has 0 saturated carbocycles. The molecule has 0 bridgehead atoms. The van der Waals surface area contributed by atoms with Crippen molar-refractivity contribution in [2.24, 2.45) is 11.1 Å². The number of alkyl halides is 3. The molecule has 6 heteroatoms. The van der Waals surface area contributed by atoms with Crippen LogP contribution >= 0.6 is 0 Å². The molecule has 0 spiro atoms. The molecular weight excluding hydrogens is 259 g/mol. The Bertz CT molecular complexity index is 468. The molecule has 0 fully saturated rings. The minimum atomic E-state index is -4.34. The molecule has 1 aromatic carbocycles. The summed E-state index contributed by atoms with van der Waals surface area (Å²) in [6.45, 7) is 1.76. The summed E-state index contributed by atoms with van der Waals surface area (Å²) in [5.41, 5.74) is 0.494. The summed E-state index contributed by atoms with van der Waals surface area (Å²) in [6.07, 6.45) is -4.06. The molecule has 1 heterocycles. The van der Waals surface area contributed by atoms with Crippen molar-refractivity contribution >= 4 is 5.71 Å². The Balaban J connectivity index is 2.24. The van der Waals surface area contributed by atoms with Crippen molar-refractivity contribution in [3.8, 4) is 0 Å². The van der Waals surface area contributed by atoms with Gasteiger partial charge in [0.2, 0.25) is 0 Å². The normalized spacial score (nSPS) is 23.1. The van der Waals surface area contributed by atoms with Gasteiger partial charge in [0.1, 0.15) is 0 Å². The first-order valence-electron chi connectivity index (χ1n) is 5.99. The molecule has 0 amide bonds. The van der Waals surface area contributed by atoms with E-state index in [1.165, 1.54) is 12.1 Å². The second-order valence-electron chi connectivity index (χ2n) is 4.39. The van der Waals surface area contributed by atoms with E-state index in [9.17, 15) is 13.2 Å². The molecule has 1 aliphatic rings. The molecular formula is C13H14F3NO2. The van der Waals surface area contributed by atoms with Crippen molar-refractivity contribution in [1.29, 1.82) is 0 Å². The van der Waals surface area contributed by atoms with Crippen LogP contribution in [0.2, 0.25) is 0 Å². The SMILES string of the molecule is CCC1C(c2ccc(C(F)(F)F)cc2)=NO[C@H]1CO. The monoisotopic (exact) mass is 273 g/mol. The largest absolute Gasteiger partial charge is 0.416 e. The standard InChI is InChI=1S/C13H14F3NO2/c1-2-10-11(7-18)19-17-12(10)8-3-5-9(6-4-8)13(14,15)16/h3-6,10-11,18H,2,7H2,1H3/t10?,11-/m0/s1. The number of aliphatic hydroxyl groups is 1. The molecule has 19 heavy (non-hydrogen) atoms. The van der Waals surface area contributed by atoms with Gasteiger partial charge in [-0.1, -0.05) is 24.2 Å². The van der Waals surface area contributed by atoms with Gasteiger partial charge in [-0.25, -0.2) is 0 Å². The molecule has 1 unspecified atom stereocenters. The molecule has 104 valence electrons. The Morgan fingerprint density at radius 1 is 1.26 bits per heavy atom. The quantitative estimate of drug-likeness (QED) is 0.920. The van der Waals surface area contributed by atoms with Crippen molar-refractivity contribution in [2.75, 3.05) is 6.61 Å². The number of oxime groups is 1. The zero-order chi connectivity index (χ0) is 14.0. The molecule has 2 rings (SSSR count). The van der Waals surface area contributed by atoms with Crippen molar-refractivity contribution in [1.82, 2.24) is 0 Å². The highest BCUT2D eigenvalue weighted by Gasteiger charge is 2.34. The number of benzene rings is 1. The fourth-order valence-electron chi connectivity index (χ4n) is 2.16. The highest BCUT2D eigenvalue weighted by Crippen LogP contribution is 2.31. The lowest BCUT2D eigenvalue weighted by atomic mass is 9.90. The lowest BCUT2D eigenvalue weighted by Gasteiger charge is -2.15. The number of aliphatic hydroxyl groups excluding tert-OH is 1. The average Bonchev–Trinajstić information content (AvgIpc) is 2.80. The summed E-state index contributed by atoms with van der Waals surface area (Å²) in [5, 5.41) is 13.0. The Hall–Kier alpha value is -1.56. The predicted molar refractivity (Wildman–Crippen MR) is 63.7 cm³/mol. The second kappa shape index (κ2) is 5.21. The summed E-state index contributed by atoms with van der Waals surface area (Å²) in [5.74, 6) is -0.0956. The van der Waals surface area contributed by atoms with E-state index in [0.29, 0.717) is 17.7 Å². The molecule has 0 saturated heterocycles. The van der Waals surface area contributed by atoms with Crippen LogP contribution < -0.4 is 0 Å². The Morgan fingerprint density at radius 2 is 1.89 bits per heavy atom.